The van der Waals surface area contributed by atoms with Gasteiger partial charge in [0.1, 0.15) is 11.5 Å². The van der Waals surface area contributed by atoms with E-state index in [1.807, 2.05) is 0 Å². The second-order valence-electron chi connectivity index (χ2n) is 3.39. The number of carbonyl (C=O) groups excluding carboxylic acids is 1. The van der Waals surface area contributed by atoms with E-state index in [1.54, 1.807) is 0 Å². The summed E-state index contributed by atoms with van der Waals surface area (Å²) in [6.07, 6.45) is 1.36. The highest BCUT2D eigenvalue weighted by molar-refractivity contribution is 6.06. The molecule has 1 aromatic heterocycles. The first kappa shape index (κ1) is 11.8. The number of aromatic amines is 1. The molecule has 0 saturated carbocycles. The minimum absolute atomic E-state index is 0.106. The molecular weight excluding hydrogens is 241 g/mol. The molecule has 2 aromatic rings. The van der Waals surface area contributed by atoms with Crippen LogP contribution in [-0.2, 0) is 0 Å². The lowest BCUT2D eigenvalue weighted by atomic mass is 10.1. The van der Waals surface area contributed by atoms with Gasteiger partial charge in [-0.3, -0.25) is 9.89 Å². The Balaban J connectivity index is 2.34. The number of aromatic carboxylic acids is 1. The summed E-state index contributed by atoms with van der Waals surface area (Å²) in [5, 5.41) is 17.1. The Labute approximate surface area is 100 Å². The van der Waals surface area contributed by atoms with E-state index >= 15 is 0 Å². The van der Waals surface area contributed by atoms with Crippen molar-refractivity contribution in [2.45, 2.75) is 0 Å². The van der Waals surface area contributed by atoms with Gasteiger partial charge in [0, 0.05) is 6.20 Å². The van der Waals surface area contributed by atoms with Gasteiger partial charge in [0.05, 0.1) is 11.3 Å². The normalized spacial score (nSPS) is 10.1. The number of carboxylic acid groups (broad SMARTS) is 1. The standard InChI is InChI=1S/C11H8FN3O3/c12-7-3-1-2-6(11(17)18)9(7)14-10(16)8-4-5-13-15-8/h1-5H,(H,13,15)(H,14,16)(H,17,18). The molecule has 92 valence electrons. The Hall–Kier alpha value is -2.70. The minimum atomic E-state index is -1.32. The molecule has 7 heteroatoms. The Bertz CT molecular complexity index is 596. The number of hydrogen-bond donors (Lipinski definition) is 3. The number of hydrogen-bond acceptors (Lipinski definition) is 3. The van der Waals surface area contributed by atoms with Crippen molar-refractivity contribution in [3.8, 4) is 0 Å². The quantitative estimate of drug-likeness (QED) is 0.768. The predicted octanol–water partition coefficient (Wildman–Crippen LogP) is 1.50. The van der Waals surface area contributed by atoms with Crippen LogP contribution in [0.5, 0.6) is 0 Å². The van der Waals surface area contributed by atoms with E-state index in [-0.39, 0.29) is 16.9 Å². The summed E-state index contributed by atoms with van der Waals surface area (Å²) in [7, 11) is 0. The molecule has 1 heterocycles. The molecule has 2 rings (SSSR count). The average Bonchev–Trinajstić information content (AvgIpc) is 2.85. The van der Waals surface area contributed by atoms with E-state index in [2.05, 4.69) is 15.5 Å². The fraction of sp³-hybridized carbons (Fsp3) is 0. The van der Waals surface area contributed by atoms with Gasteiger partial charge in [-0.25, -0.2) is 9.18 Å². The number of rotatable bonds is 3. The number of benzene rings is 1. The summed E-state index contributed by atoms with van der Waals surface area (Å²) in [4.78, 5) is 22.6. The molecule has 1 amide bonds. The molecule has 0 aliphatic carbocycles. The van der Waals surface area contributed by atoms with Gasteiger partial charge in [-0.15, -0.1) is 0 Å². The molecule has 0 radical (unpaired) electrons. The van der Waals surface area contributed by atoms with Crippen molar-refractivity contribution in [3.05, 3.63) is 47.5 Å². The lowest BCUT2D eigenvalue weighted by Gasteiger charge is -2.08. The number of para-hydroxylation sites is 1. The van der Waals surface area contributed by atoms with Crippen LogP contribution in [0.15, 0.2) is 30.5 Å². The van der Waals surface area contributed by atoms with Crippen molar-refractivity contribution in [2.75, 3.05) is 5.32 Å². The smallest absolute Gasteiger partial charge is 0.337 e. The van der Waals surface area contributed by atoms with Crippen LogP contribution in [0.3, 0.4) is 0 Å². The van der Waals surface area contributed by atoms with Crippen LogP contribution in [0.4, 0.5) is 10.1 Å². The molecule has 3 N–H and O–H groups in total. The molecule has 0 bridgehead atoms. The average molecular weight is 249 g/mol. The highest BCUT2D eigenvalue weighted by Crippen LogP contribution is 2.20. The number of halogens is 1. The molecule has 0 atom stereocenters. The summed E-state index contributed by atoms with van der Waals surface area (Å²) >= 11 is 0. The maximum atomic E-state index is 13.5. The second-order valence-corrected chi connectivity index (χ2v) is 3.39. The Morgan fingerprint density at radius 3 is 2.72 bits per heavy atom. The zero-order valence-corrected chi connectivity index (χ0v) is 8.98. The number of amides is 1. The van der Waals surface area contributed by atoms with E-state index in [0.717, 1.165) is 6.07 Å². The Morgan fingerprint density at radius 1 is 1.33 bits per heavy atom. The zero-order chi connectivity index (χ0) is 13.1. The van der Waals surface area contributed by atoms with Crippen LogP contribution in [0.25, 0.3) is 0 Å². The van der Waals surface area contributed by atoms with E-state index in [4.69, 9.17) is 5.11 Å². The van der Waals surface area contributed by atoms with Crippen LogP contribution in [0.2, 0.25) is 0 Å². The fourth-order valence-corrected chi connectivity index (χ4v) is 1.39. The molecule has 0 spiro atoms. The highest BCUT2D eigenvalue weighted by atomic mass is 19.1. The zero-order valence-electron chi connectivity index (χ0n) is 8.98. The first-order chi connectivity index (χ1) is 8.59. The largest absolute Gasteiger partial charge is 0.478 e. The van der Waals surface area contributed by atoms with Gasteiger partial charge in [-0.1, -0.05) is 6.07 Å². The molecular formula is C11H8FN3O3. The lowest BCUT2D eigenvalue weighted by molar-refractivity contribution is 0.0697. The maximum absolute atomic E-state index is 13.5. The number of carboxylic acids is 1. The predicted molar refractivity (Wildman–Crippen MR) is 59.9 cm³/mol. The van der Waals surface area contributed by atoms with Gasteiger partial charge in [-0.2, -0.15) is 5.10 Å². The molecule has 0 fully saturated rings. The fourth-order valence-electron chi connectivity index (χ4n) is 1.39. The molecule has 0 aliphatic rings. The number of H-pyrrole nitrogens is 1. The van der Waals surface area contributed by atoms with Crippen molar-refractivity contribution in [3.63, 3.8) is 0 Å². The SMILES string of the molecule is O=C(Nc1c(F)cccc1C(=O)O)c1ccn[nH]1. The molecule has 18 heavy (non-hydrogen) atoms. The molecule has 0 unspecified atom stereocenters. The third-order valence-electron chi connectivity index (χ3n) is 2.23. The van der Waals surface area contributed by atoms with Gasteiger partial charge in [-0.05, 0) is 18.2 Å². The highest BCUT2D eigenvalue weighted by Gasteiger charge is 2.17. The van der Waals surface area contributed by atoms with Crippen LogP contribution in [0.1, 0.15) is 20.8 Å². The van der Waals surface area contributed by atoms with Crippen molar-refractivity contribution in [1.29, 1.82) is 0 Å². The van der Waals surface area contributed by atoms with Gasteiger partial charge in [0.15, 0.2) is 0 Å². The van der Waals surface area contributed by atoms with Crippen molar-refractivity contribution in [1.82, 2.24) is 10.2 Å². The van der Waals surface area contributed by atoms with Crippen molar-refractivity contribution < 1.29 is 19.1 Å². The van der Waals surface area contributed by atoms with E-state index in [0.29, 0.717) is 0 Å². The third-order valence-corrected chi connectivity index (χ3v) is 2.23. The van der Waals surface area contributed by atoms with Gasteiger partial charge < -0.3 is 10.4 Å². The van der Waals surface area contributed by atoms with E-state index < -0.39 is 17.7 Å². The summed E-state index contributed by atoms with van der Waals surface area (Å²) in [5.74, 6) is -2.81. The number of anilines is 1. The Morgan fingerprint density at radius 2 is 2.11 bits per heavy atom. The molecule has 1 aromatic carbocycles. The van der Waals surface area contributed by atoms with Crippen LogP contribution >= 0.6 is 0 Å². The van der Waals surface area contributed by atoms with E-state index in [1.165, 1.54) is 24.4 Å². The van der Waals surface area contributed by atoms with E-state index in [9.17, 15) is 14.0 Å². The number of aromatic nitrogens is 2. The van der Waals surface area contributed by atoms with Crippen LogP contribution in [0, 0.1) is 5.82 Å². The number of nitrogens with zero attached hydrogens (tertiary/aromatic N) is 1. The minimum Gasteiger partial charge on any atom is -0.478 e. The van der Waals surface area contributed by atoms with Crippen molar-refractivity contribution >= 4 is 17.6 Å². The topological polar surface area (TPSA) is 95.1 Å². The number of carbonyl (C=O) groups is 2. The van der Waals surface area contributed by atoms with Gasteiger partial charge in [0.25, 0.3) is 5.91 Å². The summed E-state index contributed by atoms with van der Waals surface area (Å²) in [6, 6.07) is 4.91. The molecule has 0 saturated heterocycles. The van der Waals surface area contributed by atoms with Gasteiger partial charge >= 0.3 is 5.97 Å². The van der Waals surface area contributed by atoms with Gasteiger partial charge in [0.2, 0.25) is 0 Å². The summed E-state index contributed by atoms with van der Waals surface area (Å²) in [6.45, 7) is 0. The van der Waals surface area contributed by atoms with Crippen LogP contribution in [-0.4, -0.2) is 27.2 Å². The van der Waals surface area contributed by atoms with Crippen molar-refractivity contribution in [2.24, 2.45) is 0 Å². The molecule has 6 nitrogen and oxygen atoms in total. The molecule has 0 aliphatic heterocycles. The third kappa shape index (κ3) is 2.19. The first-order valence-corrected chi connectivity index (χ1v) is 4.92. The summed E-state index contributed by atoms with van der Waals surface area (Å²) in [5.41, 5.74) is -0.581. The summed E-state index contributed by atoms with van der Waals surface area (Å²) < 4.78 is 13.5. The Kier molecular flexibility index (Phi) is 3.05. The van der Waals surface area contributed by atoms with Crippen LogP contribution < -0.4 is 5.32 Å². The second kappa shape index (κ2) is 4.66. The lowest BCUT2D eigenvalue weighted by Crippen LogP contribution is -2.16. The first-order valence-electron chi connectivity index (χ1n) is 4.92. The number of nitrogens with one attached hydrogen (secondary N) is 2. The monoisotopic (exact) mass is 249 g/mol. The maximum Gasteiger partial charge on any atom is 0.337 e.